The molecule has 2 fully saturated rings. The van der Waals surface area contributed by atoms with Crippen LogP contribution in [0.25, 0.3) is 0 Å². The van der Waals surface area contributed by atoms with Crippen LogP contribution in [-0.2, 0) is 16.1 Å². The normalized spacial score (nSPS) is 28.3. The number of nitrogens with one attached hydrogen (secondary N) is 1. The highest BCUT2D eigenvalue weighted by Crippen LogP contribution is 2.33. The predicted molar refractivity (Wildman–Crippen MR) is 81.3 cm³/mol. The van der Waals surface area contributed by atoms with E-state index in [-0.39, 0.29) is 30.1 Å². The van der Waals surface area contributed by atoms with E-state index in [2.05, 4.69) is 15.4 Å². The quantitative estimate of drug-likeness (QED) is 0.911. The summed E-state index contributed by atoms with van der Waals surface area (Å²) in [6.07, 6.45) is 0.974. The fourth-order valence-electron chi connectivity index (χ4n) is 3.49. The van der Waals surface area contributed by atoms with Gasteiger partial charge in [0.1, 0.15) is 5.76 Å². The first-order valence-electron chi connectivity index (χ1n) is 8.04. The zero-order valence-electron chi connectivity index (χ0n) is 13.8. The van der Waals surface area contributed by atoms with E-state index in [0.717, 1.165) is 43.1 Å². The number of nitrogens with zero attached hydrogens (tertiary/aromatic N) is 2. The first-order chi connectivity index (χ1) is 10.4. The molecular weight excluding hydrogens is 282 g/mol. The first-order valence-corrected chi connectivity index (χ1v) is 8.04. The number of hydrogen-bond acceptors (Lipinski definition) is 5. The lowest BCUT2D eigenvalue weighted by Crippen LogP contribution is -2.45. The summed E-state index contributed by atoms with van der Waals surface area (Å²) >= 11 is 0. The third-order valence-corrected chi connectivity index (χ3v) is 4.56. The SMILES string of the molecule is Cc1noc(C)c1CN1C[C@H]2C[C@H](C(=O)NC(C)C)[C@@H](C1)O2. The van der Waals surface area contributed by atoms with Crippen LogP contribution in [0.2, 0.25) is 0 Å². The Hall–Kier alpha value is -1.40. The summed E-state index contributed by atoms with van der Waals surface area (Å²) in [6, 6.07) is 0.173. The van der Waals surface area contributed by atoms with Crippen LogP contribution in [0.15, 0.2) is 4.52 Å². The zero-order chi connectivity index (χ0) is 15.9. The minimum atomic E-state index is -0.0259. The van der Waals surface area contributed by atoms with E-state index in [9.17, 15) is 4.79 Å². The van der Waals surface area contributed by atoms with Crippen LogP contribution in [0, 0.1) is 19.8 Å². The van der Waals surface area contributed by atoms with Crippen LogP contribution in [0.5, 0.6) is 0 Å². The lowest BCUT2D eigenvalue weighted by atomic mass is 9.99. The maximum atomic E-state index is 12.3. The minimum absolute atomic E-state index is 0.00188. The first kappa shape index (κ1) is 15.5. The summed E-state index contributed by atoms with van der Waals surface area (Å²) in [5, 5.41) is 7.03. The number of hydrogen-bond donors (Lipinski definition) is 1. The number of aromatic nitrogens is 1. The molecule has 1 amide bonds. The number of rotatable bonds is 4. The highest BCUT2D eigenvalue weighted by Gasteiger charge is 2.44. The van der Waals surface area contributed by atoms with Crippen molar-refractivity contribution in [1.82, 2.24) is 15.4 Å². The molecule has 2 aliphatic heterocycles. The Morgan fingerprint density at radius 3 is 2.82 bits per heavy atom. The smallest absolute Gasteiger partial charge is 0.226 e. The van der Waals surface area contributed by atoms with Crippen molar-refractivity contribution in [3.63, 3.8) is 0 Å². The van der Waals surface area contributed by atoms with Crippen LogP contribution in [0.1, 0.15) is 37.3 Å². The van der Waals surface area contributed by atoms with Crippen molar-refractivity contribution in [2.24, 2.45) is 5.92 Å². The minimum Gasteiger partial charge on any atom is -0.371 e. The molecule has 22 heavy (non-hydrogen) atoms. The molecule has 1 aromatic rings. The van der Waals surface area contributed by atoms with Gasteiger partial charge in [0.05, 0.1) is 23.8 Å². The summed E-state index contributed by atoms with van der Waals surface area (Å²) in [6.45, 7) is 10.4. The Morgan fingerprint density at radius 1 is 1.41 bits per heavy atom. The van der Waals surface area contributed by atoms with Crippen molar-refractivity contribution >= 4 is 5.91 Å². The molecule has 0 aliphatic carbocycles. The van der Waals surface area contributed by atoms with E-state index in [1.807, 2.05) is 27.7 Å². The molecule has 0 spiro atoms. The zero-order valence-corrected chi connectivity index (χ0v) is 13.8. The summed E-state index contributed by atoms with van der Waals surface area (Å²) in [4.78, 5) is 14.7. The number of aryl methyl sites for hydroxylation is 2. The van der Waals surface area contributed by atoms with E-state index in [4.69, 9.17) is 9.26 Å². The summed E-state index contributed by atoms with van der Waals surface area (Å²) in [5.41, 5.74) is 2.11. The third-order valence-electron chi connectivity index (χ3n) is 4.56. The average molecular weight is 307 g/mol. The molecule has 2 saturated heterocycles. The van der Waals surface area contributed by atoms with Crippen LogP contribution in [-0.4, -0.2) is 47.3 Å². The second-order valence-electron chi connectivity index (χ2n) is 6.80. The number of likely N-dealkylation sites (tertiary alicyclic amines) is 1. The molecule has 1 aromatic heterocycles. The second kappa shape index (κ2) is 6.01. The number of carbonyl (C=O) groups is 1. The summed E-state index contributed by atoms with van der Waals surface area (Å²) < 4.78 is 11.2. The van der Waals surface area contributed by atoms with E-state index < -0.39 is 0 Å². The molecule has 122 valence electrons. The van der Waals surface area contributed by atoms with Gasteiger partial charge in [0, 0.05) is 31.2 Å². The molecule has 3 rings (SSSR count). The van der Waals surface area contributed by atoms with Gasteiger partial charge in [-0.1, -0.05) is 5.16 Å². The fraction of sp³-hybridized carbons (Fsp3) is 0.750. The molecule has 0 saturated carbocycles. The standard InChI is InChI=1S/C16H25N3O3/c1-9(2)17-16(20)13-5-12-6-19(8-15(13)21-12)7-14-10(3)18-22-11(14)4/h9,12-13,15H,5-8H2,1-4H3,(H,17,20)/t12-,13+,15-/m1/s1. The molecule has 0 aromatic carbocycles. The van der Waals surface area contributed by atoms with Crippen molar-refractivity contribution in [2.45, 2.75) is 58.9 Å². The average Bonchev–Trinajstić information content (AvgIpc) is 2.91. The van der Waals surface area contributed by atoms with Gasteiger partial charge in [-0.25, -0.2) is 0 Å². The van der Waals surface area contributed by atoms with Crippen LogP contribution >= 0.6 is 0 Å². The number of ether oxygens (including phenoxy) is 1. The topological polar surface area (TPSA) is 67.6 Å². The summed E-state index contributed by atoms with van der Waals surface area (Å²) in [7, 11) is 0. The van der Waals surface area contributed by atoms with Crippen molar-refractivity contribution < 1.29 is 14.1 Å². The Labute approximate surface area is 131 Å². The van der Waals surface area contributed by atoms with Gasteiger partial charge < -0.3 is 14.6 Å². The summed E-state index contributed by atoms with van der Waals surface area (Å²) in [5.74, 6) is 0.981. The van der Waals surface area contributed by atoms with Gasteiger partial charge in [-0.3, -0.25) is 9.69 Å². The lowest BCUT2D eigenvalue weighted by Gasteiger charge is -2.32. The van der Waals surface area contributed by atoms with Gasteiger partial charge in [0.2, 0.25) is 5.91 Å². The van der Waals surface area contributed by atoms with E-state index in [0.29, 0.717) is 0 Å². The maximum absolute atomic E-state index is 12.3. The molecule has 2 aliphatic rings. The van der Waals surface area contributed by atoms with Gasteiger partial charge in [-0.2, -0.15) is 0 Å². The lowest BCUT2D eigenvalue weighted by molar-refractivity contribution is -0.128. The molecule has 2 bridgehead atoms. The van der Waals surface area contributed by atoms with Crippen molar-refractivity contribution in [3.8, 4) is 0 Å². The highest BCUT2D eigenvalue weighted by atomic mass is 16.5. The highest BCUT2D eigenvalue weighted by molar-refractivity contribution is 5.80. The van der Waals surface area contributed by atoms with Gasteiger partial charge >= 0.3 is 0 Å². The van der Waals surface area contributed by atoms with Crippen molar-refractivity contribution in [2.75, 3.05) is 13.1 Å². The monoisotopic (exact) mass is 307 g/mol. The molecule has 0 unspecified atom stereocenters. The van der Waals surface area contributed by atoms with E-state index >= 15 is 0 Å². The number of morpholine rings is 1. The van der Waals surface area contributed by atoms with Gasteiger partial charge in [0.25, 0.3) is 0 Å². The predicted octanol–water partition coefficient (Wildman–Crippen LogP) is 1.41. The van der Waals surface area contributed by atoms with Crippen LogP contribution in [0.4, 0.5) is 0 Å². The maximum Gasteiger partial charge on any atom is 0.226 e. The van der Waals surface area contributed by atoms with Crippen LogP contribution in [0.3, 0.4) is 0 Å². The Morgan fingerprint density at radius 2 is 2.18 bits per heavy atom. The third kappa shape index (κ3) is 3.03. The molecule has 6 nitrogen and oxygen atoms in total. The van der Waals surface area contributed by atoms with E-state index in [1.165, 1.54) is 0 Å². The molecule has 1 N–H and O–H groups in total. The molecule has 3 heterocycles. The number of carbonyl (C=O) groups excluding carboxylic acids is 1. The van der Waals surface area contributed by atoms with Crippen molar-refractivity contribution in [3.05, 3.63) is 17.0 Å². The largest absolute Gasteiger partial charge is 0.371 e. The second-order valence-corrected chi connectivity index (χ2v) is 6.80. The Bertz CT molecular complexity index is 535. The number of amides is 1. The van der Waals surface area contributed by atoms with E-state index in [1.54, 1.807) is 0 Å². The molecular formula is C16H25N3O3. The fourth-order valence-corrected chi connectivity index (χ4v) is 3.49. The molecule has 3 atom stereocenters. The number of fused-ring (bicyclic) bond motifs is 2. The van der Waals surface area contributed by atoms with Crippen molar-refractivity contribution in [1.29, 1.82) is 0 Å². The van der Waals surface area contributed by atoms with Crippen LogP contribution < -0.4 is 5.32 Å². The molecule has 0 radical (unpaired) electrons. The van der Waals surface area contributed by atoms with Gasteiger partial charge in [-0.15, -0.1) is 0 Å². The van der Waals surface area contributed by atoms with Gasteiger partial charge in [-0.05, 0) is 34.1 Å². The Balaban J connectivity index is 1.65. The molecule has 6 heteroatoms. The Kier molecular flexibility index (Phi) is 4.23. The van der Waals surface area contributed by atoms with Gasteiger partial charge in [0.15, 0.2) is 0 Å².